The molecule has 6 heteroatoms. The minimum atomic E-state index is 0.359. The van der Waals surface area contributed by atoms with E-state index in [1.807, 2.05) is 0 Å². The zero-order chi connectivity index (χ0) is 14.2. The molecule has 21 heavy (non-hydrogen) atoms. The van der Waals surface area contributed by atoms with E-state index in [0.29, 0.717) is 6.04 Å². The Hall–Kier alpha value is -1.24. The maximum atomic E-state index is 5.68. The van der Waals surface area contributed by atoms with E-state index >= 15 is 0 Å². The van der Waals surface area contributed by atoms with Crippen molar-refractivity contribution in [1.29, 1.82) is 0 Å². The van der Waals surface area contributed by atoms with Crippen molar-refractivity contribution < 1.29 is 4.74 Å². The normalized spacial score (nSPS) is 22.9. The van der Waals surface area contributed by atoms with E-state index in [4.69, 9.17) is 4.74 Å². The van der Waals surface area contributed by atoms with E-state index < -0.39 is 0 Å². The molecule has 3 heterocycles. The van der Waals surface area contributed by atoms with Crippen molar-refractivity contribution in [3.8, 4) is 0 Å². The number of anilines is 1. The second-order valence-electron chi connectivity index (χ2n) is 5.88. The van der Waals surface area contributed by atoms with Crippen molar-refractivity contribution in [3.63, 3.8) is 0 Å². The Morgan fingerprint density at radius 2 is 2.33 bits per heavy atom. The molecule has 1 unspecified atom stereocenters. The average Bonchev–Trinajstić information content (AvgIpc) is 3.24. The van der Waals surface area contributed by atoms with Gasteiger partial charge in [0.2, 0.25) is 0 Å². The molecule has 1 N–H and O–H groups in total. The number of rotatable bonds is 4. The molecular weight excluding hydrogens is 284 g/mol. The van der Waals surface area contributed by atoms with Crippen LogP contribution < -0.4 is 10.2 Å². The summed E-state index contributed by atoms with van der Waals surface area (Å²) in [5.74, 6) is 1.07. The smallest absolute Gasteiger partial charge is 0.141 e. The number of hydrogen-bond donors (Lipinski definition) is 1. The first kappa shape index (κ1) is 13.4. The summed E-state index contributed by atoms with van der Waals surface area (Å²) in [7, 11) is 0. The number of nitrogens with one attached hydrogen (secondary N) is 1. The number of fused-ring (bicyclic) bond motifs is 1. The number of morpholine rings is 1. The second-order valence-corrected chi connectivity index (χ2v) is 7.11. The Labute approximate surface area is 128 Å². The van der Waals surface area contributed by atoms with E-state index in [9.17, 15) is 0 Å². The first-order valence-corrected chi connectivity index (χ1v) is 8.42. The molecule has 1 aliphatic carbocycles. The number of hydrogen-bond acceptors (Lipinski definition) is 6. The van der Waals surface area contributed by atoms with Crippen LogP contribution in [0.15, 0.2) is 12.4 Å². The van der Waals surface area contributed by atoms with Crippen LogP contribution in [0.1, 0.15) is 17.7 Å². The van der Waals surface area contributed by atoms with Crippen LogP contribution in [0.25, 0.3) is 10.2 Å². The first-order chi connectivity index (χ1) is 10.3. The topological polar surface area (TPSA) is 50.3 Å². The standard InChI is InChI=1S/C15H20N4OS/c1-10-6-13-14(17-9-18-15(13)21-10)19-4-5-20-8-12(19)7-16-11-2-3-11/h6,9,11-12,16H,2-5,7-8H2,1H3. The number of nitrogens with zero attached hydrogens (tertiary/aromatic N) is 3. The Morgan fingerprint density at radius 3 is 3.19 bits per heavy atom. The van der Waals surface area contributed by atoms with E-state index in [-0.39, 0.29) is 0 Å². The molecule has 1 saturated carbocycles. The van der Waals surface area contributed by atoms with Crippen LogP contribution in [-0.4, -0.2) is 48.4 Å². The first-order valence-electron chi connectivity index (χ1n) is 7.60. The monoisotopic (exact) mass is 304 g/mol. The van der Waals surface area contributed by atoms with Gasteiger partial charge in [-0.15, -0.1) is 11.3 Å². The van der Waals surface area contributed by atoms with E-state index in [0.717, 1.165) is 43.0 Å². The zero-order valence-electron chi connectivity index (χ0n) is 12.2. The summed E-state index contributed by atoms with van der Waals surface area (Å²) in [5.41, 5.74) is 0. The van der Waals surface area contributed by atoms with Gasteiger partial charge < -0.3 is 15.0 Å². The predicted molar refractivity (Wildman–Crippen MR) is 85.1 cm³/mol. The zero-order valence-corrected chi connectivity index (χ0v) is 13.0. The molecule has 2 aliphatic rings. The fourth-order valence-electron chi connectivity index (χ4n) is 2.89. The lowest BCUT2D eigenvalue weighted by molar-refractivity contribution is 0.0934. The molecule has 1 saturated heterocycles. The van der Waals surface area contributed by atoms with Crippen molar-refractivity contribution >= 4 is 27.4 Å². The van der Waals surface area contributed by atoms with Crippen LogP contribution in [0.5, 0.6) is 0 Å². The van der Waals surface area contributed by atoms with Gasteiger partial charge in [-0.3, -0.25) is 0 Å². The third-order valence-corrected chi connectivity index (χ3v) is 5.11. The van der Waals surface area contributed by atoms with Gasteiger partial charge in [0, 0.05) is 24.0 Å². The van der Waals surface area contributed by atoms with Crippen LogP contribution in [0, 0.1) is 6.92 Å². The molecule has 0 radical (unpaired) electrons. The maximum Gasteiger partial charge on any atom is 0.141 e. The molecule has 0 spiro atoms. The van der Waals surface area contributed by atoms with Gasteiger partial charge >= 0.3 is 0 Å². The van der Waals surface area contributed by atoms with Crippen molar-refractivity contribution in [2.45, 2.75) is 31.8 Å². The summed E-state index contributed by atoms with van der Waals surface area (Å²) in [6.07, 6.45) is 4.32. The molecule has 0 amide bonds. The van der Waals surface area contributed by atoms with Crippen molar-refractivity contribution in [1.82, 2.24) is 15.3 Å². The molecule has 1 aliphatic heterocycles. The third-order valence-electron chi connectivity index (χ3n) is 4.15. The Kier molecular flexibility index (Phi) is 3.52. The summed E-state index contributed by atoms with van der Waals surface area (Å²) < 4.78 is 5.68. The Morgan fingerprint density at radius 1 is 1.43 bits per heavy atom. The highest BCUT2D eigenvalue weighted by Crippen LogP contribution is 2.31. The maximum absolute atomic E-state index is 5.68. The molecule has 2 aromatic heterocycles. The highest BCUT2D eigenvalue weighted by atomic mass is 32.1. The highest BCUT2D eigenvalue weighted by molar-refractivity contribution is 7.18. The molecule has 0 aromatic carbocycles. The summed E-state index contributed by atoms with van der Waals surface area (Å²) in [6.45, 7) is 5.54. The number of thiophene rings is 1. The van der Waals surface area contributed by atoms with Crippen molar-refractivity contribution in [2.24, 2.45) is 0 Å². The minimum Gasteiger partial charge on any atom is -0.377 e. The number of aryl methyl sites for hydroxylation is 1. The van der Waals surface area contributed by atoms with E-state index in [1.165, 1.54) is 23.1 Å². The van der Waals surface area contributed by atoms with Gasteiger partial charge in [-0.2, -0.15) is 0 Å². The van der Waals surface area contributed by atoms with Gasteiger partial charge in [-0.05, 0) is 25.8 Å². The highest BCUT2D eigenvalue weighted by Gasteiger charge is 2.28. The largest absolute Gasteiger partial charge is 0.377 e. The lowest BCUT2D eigenvalue weighted by Crippen LogP contribution is -2.51. The summed E-state index contributed by atoms with van der Waals surface area (Å²) in [4.78, 5) is 13.7. The number of ether oxygens (including phenoxy) is 1. The fourth-order valence-corrected chi connectivity index (χ4v) is 3.73. The van der Waals surface area contributed by atoms with Gasteiger partial charge in [-0.1, -0.05) is 0 Å². The summed E-state index contributed by atoms with van der Waals surface area (Å²) in [5, 5.41) is 4.80. The summed E-state index contributed by atoms with van der Waals surface area (Å²) in [6, 6.07) is 3.29. The van der Waals surface area contributed by atoms with Gasteiger partial charge in [0.25, 0.3) is 0 Å². The molecular formula is C15H20N4OS. The van der Waals surface area contributed by atoms with Crippen molar-refractivity contribution in [3.05, 3.63) is 17.3 Å². The molecule has 2 aromatic rings. The van der Waals surface area contributed by atoms with Crippen molar-refractivity contribution in [2.75, 3.05) is 31.2 Å². The van der Waals surface area contributed by atoms with Gasteiger partial charge in [0.15, 0.2) is 0 Å². The van der Waals surface area contributed by atoms with Crippen LogP contribution in [0.4, 0.5) is 5.82 Å². The SMILES string of the molecule is Cc1cc2c(N3CCOCC3CNC3CC3)ncnc2s1. The van der Waals surface area contributed by atoms with Crippen LogP contribution in [0.2, 0.25) is 0 Å². The second kappa shape index (κ2) is 5.51. The molecule has 5 nitrogen and oxygen atoms in total. The predicted octanol–water partition coefficient (Wildman–Crippen LogP) is 1.96. The lowest BCUT2D eigenvalue weighted by atomic mass is 10.2. The van der Waals surface area contributed by atoms with E-state index in [1.54, 1.807) is 17.7 Å². The molecule has 4 rings (SSSR count). The van der Waals surface area contributed by atoms with Gasteiger partial charge in [-0.25, -0.2) is 9.97 Å². The number of aromatic nitrogens is 2. The molecule has 2 fully saturated rings. The fraction of sp³-hybridized carbons (Fsp3) is 0.600. The van der Waals surface area contributed by atoms with Crippen LogP contribution in [0.3, 0.4) is 0 Å². The quantitative estimate of drug-likeness (QED) is 0.936. The Balaban J connectivity index is 1.63. The molecule has 0 bridgehead atoms. The average molecular weight is 304 g/mol. The summed E-state index contributed by atoms with van der Waals surface area (Å²) >= 11 is 1.74. The molecule has 1 atom stereocenters. The lowest BCUT2D eigenvalue weighted by Gasteiger charge is -2.37. The third kappa shape index (κ3) is 2.75. The Bertz CT molecular complexity index is 640. The van der Waals surface area contributed by atoms with Gasteiger partial charge in [0.1, 0.15) is 17.0 Å². The van der Waals surface area contributed by atoms with E-state index in [2.05, 4.69) is 33.2 Å². The van der Waals surface area contributed by atoms with Crippen LogP contribution in [-0.2, 0) is 4.74 Å². The minimum absolute atomic E-state index is 0.359. The van der Waals surface area contributed by atoms with Gasteiger partial charge in [0.05, 0.1) is 24.6 Å². The van der Waals surface area contributed by atoms with Crippen LogP contribution >= 0.6 is 11.3 Å². The molecule has 112 valence electrons.